The SMILES string of the molecule is CC(C)C(=O)CCCc1ccc(Br)cn1. The fourth-order valence-electron chi connectivity index (χ4n) is 1.29. The van der Waals surface area contributed by atoms with Gasteiger partial charge in [0.15, 0.2) is 0 Å². The second kappa shape index (κ2) is 6.01. The van der Waals surface area contributed by atoms with E-state index in [1.807, 2.05) is 26.0 Å². The lowest BCUT2D eigenvalue weighted by Gasteiger charge is -2.03. The first-order valence-corrected chi connectivity index (χ1v) is 6.02. The number of carbonyl (C=O) groups excluding carboxylic acids is 1. The van der Waals surface area contributed by atoms with Gasteiger partial charge in [0.2, 0.25) is 0 Å². The van der Waals surface area contributed by atoms with Gasteiger partial charge in [0, 0.05) is 28.7 Å². The van der Waals surface area contributed by atoms with E-state index in [0.717, 1.165) is 23.0 Å². The van der Waals surface area contributed by atoms with Crippen LogP contribution in [0.4, 0.5) is 0 Å². The number of hydrogen-bond acceptors (Lipinski definition) is 2. The predicted molar refractivity (Wildman–Crippen MR) is 64.7 cm³/mol. The number of rotatable bonds is 5. The molecular formula is C12H16BrNO. The Morgan fingerprint density at radius 1 is 1.47 bits per heavy atom. The van der Waals surface area contributed by atoms with Gasteiger partial charge in [0.05, 0.1) is 0 Å². The van der Waals surface area contributed by atoms with E-state index < -0.39 is 0 Å². The second-order valence-corrected chi connectivity index (χ2v) is 4.86. The van der Waals surface area contributed by atoms with Gasteiger partial charge in [-0.05, 0) is 40.9 Å². The Labute approximate surface area is 99.2 Å². The summed E-state index contributed by atoms with van der Waals surface area (Å²) in [6, 6.07) is 3.97. The van der Waals surface area contributed by atoms with Gasteiger partial charge in [-0.3, -0.25) is 9.78 Å². The van der Waals surface area contributed by atoms with Crippen LogP contribution in [-0.2, 0) is 11.2 Å². The molecule has 0 atom stereocenters. The van der Waals surface area contributed by atoms with Crippen molar-refractivity contribution < 1.29 is 4.79 Å². The molecule has 0 aliphatic heterocycles. The fourth-order valence-corrected chi connectivity index (χ4v) is 1.52. The summed E-state index contributed by atoms with van der Waals surface area (Å²) in [6.07, 6.45) is 4.23. The lowest BCUT2D eigenvalue weighted by Crippen LogP contribution is -2.06. The average molecular weight is 270 g/mol. The van der Waals surface area contributed by atoms with Gasteiger partial charge >= 0.3 is 0 Å². The fraction of sp³-hybridized carbons (Fsp3) is 0.500. The molecule has 82 valence electrons. The summed E-state index contributed by atoms with van der Waals surface area (Å²) in [5, 5.41) is 0. The summed E-state index contributed by atoms with van der Waals surface area (Å²) in [6.45, 7) is 3.89. The molecule has 1 aromatic rings. The number of nitrogens with zero attached hydrogens (tertiary/aromatic N) is 1. The number of aryl methyl sites for hydroxylation is 1. The molecule has 0 fully saturated rings. The molecule has 0 saturated carbocycles. The standard InChI is InChI=1S/C12H16BrNO/c1-9(2)12(15)5-3-4-11-7-6-10(13)8-14-11/h6-9H,3-5H2,1-2H3. The van der Waals surface area contributed by atoms with E-state index in [1.165, 1.54) is 0 Å². The molecule has 0 aromatic carbocycles. The highest BCUT2D eigenvalue weighted by molar-refractivity contribution is 9.10. The first-order valence-electron chi connectivity index (χ1n) is 5.22. The Balaban J connectivity index is 2.32. The van der Waals surface area contributed by atoms with Crippen LogP contribution in [0.25, 0.3) is 0 Å². The van der Waals surface area contributed by atoms with Crippen molar-refractivity contribution in [3.63, 3.8) is 0 Å². The highest BCUT2D eigenvalue weighted by atomic mass is 79.9. The lowest BCUT2D eigenvalue weighted by molar-refractivity contribution is -0.121. The second-order valence-electron chi connectivity index (χ2n) is 3.94. The largest absolute Gasteiger partial charge is 0.299 e. The molecule has 2 nitrogen and oxygen atoms in total. The van der Waals surface area contributed by atoms with Crippen LogP contribution in [0.1, 0.15) is 32.4 Å². The van der Waals surface area contributed by atoms with Crippen LogP contribution in [0.5, 0.6) is 0 Å². The Morgan fingerprint density at radius 2 is 2.20 bits per heavy atom. The molecule has 1 heterocycles. The Morgan fingerprint density at radius 3 is 2.73 bits per heavy atom. The number of hydrogen-bond donors (Lipinski definition) is 0. The zero-order valence-corrected chi connectivity index (χ0v) is 10.8. The summed E-state index contributed by atoms with van der Waals surface area (Å²) in [5.74, 6) is 0.495. The molecule has 0 saturated heterocycles. The van der Waals surface area contributed by atoms with Crippen molar-refractivity contribution in [1.82, 2.24) is 4.98 Å². The molecule has 1 rings (SSSR count). The third-order valence-corrected chi connectivity index (χ3v) is 2.76. The van der Waals surface area contributed by atoms with Crippen LogP contribution in [0.15, 0.2) is 22.8 Å². The van der Waals surface area contributed by atoms with Crippen LogP contribution in [0.2, 0.25) is 0 Å². The quantitative estimate of drug-likeness (QED) is 0.820. The number of aromatic nitrogens is 1. The third kappa shape index (κ3) is 4.56. The first-order chi connectivity index (χ1) is 7.09. The number of ketones is 1. The van der Waals surface area contributed by atoms with E-state index in [-0.39, 0.29) is 5.92 Å². The molecule has 1 aromatic heterocycles. The predicted octanol–water partition coefficient (Wildman–Crippen LogP) is 3.39. The van der Waals surface area contributed by atoms with Crippen molar-refractivity contribution in [2.45, 2.75) is 33.1 Å². The zero-order valence-electron chi connectivity index (χ0n) is 9.16. The van der Waals surface area contributed by atoms with Gasteiger partial charge in [-0.2, -0.15) is 0 Å². The van der Waals surface area contributed by atoms with E-state index in [0.29, 0.717) is 12.2 Å². The number of carbonyl (C=O) groups is 1. The van der Waals surface area contributed by atoms with Crippen molar-refractivity contribution in [1.29, 1.82) is 0 Å². The minimum absolute atomic E-state index is 0.155. The van der Waals surface area contributed by atoms with Gasteiger partial charge in [-0.1, -0.05) is 13.8 Å². The molecule has 0 aliphatic carbocycles. The number of Topliss-reactive ketones (excluding diaryl/α,β-unsaturated/α-hetero) is 1. The Bertz CT molecular complexity index is 319. The van der Waals surface area contributed by atoms with E-state index in [4.69, 9.17) is 0 Å². The molecular weight excluding hydrogens is 254 g/mol. The monoisotopic (exact) mass is 269 g/mol. The number of pyridine rings is 1. The Hall–Kier alpha value is -0.700. The molecule has 0 radical (unpaired) electrons. The minimum atomic E-state index is 0.155. The van der Waals surface area contributed by atoms with Crippen molar-refractivity contribution in [3.8, 4) is 0 Å². The van der Waals surface area contributed by atoms with E-state index in [1.54, 1.807) is 6.20 Å². The summed E-state index contributed by atoms with van der Waals surface area (Å²) in [4.78, 5) is 15.6. The van der Waals surface area contributed by atoms with Crippen molar-refractivity contribution in [2.24, 2.45) is 5.92 Å². The smallest absolute Gasteiger partial charge is 0.135 e. The molecule has 0 spiro atoms. The van der Waals surface area contributed by atoms with Crippen molar-refractivity contribution in [2.75, 3.05) is 0 Å². The summed E-state index contributed by atoms with van der Waals surface area (Å²) < 4.78 is 0.990. The zero-order chi connectivity index (χ0) is 11.3. The highest BCUT2D eigenvalue weighted by Crippen LogP contribution is 2.10. The van der Waals surface area contributed by atoms with Gasteiger partial charge in [-0.25, -0.2) is 0 Å². The first kappa shape index (κ1) is 12.4. The molecule has 15 heavy (non-hydrogen) atoms. The van der Waals surface area contributed by atoms with Crippen LogP contribution >= 0.6 is 15.9 Å². The van der Waals surface area contributed by atoms with Gasteiger partial charge in [0.25, 0.3) is 0 Å². The molecule has 0 unspecified atom stereocenters. The molecule has 0 amide bonds. The van der Waals surface area contributed by atoms with Crippen molar-refractivity contribution >= 4 is 21.7 Å². The lowest BCUT2D eigenvalue weighted by atomic mass is 10.0. The van der Waals surface area contributed by atoms with Crippen LogP contribution in [-0.4, -0.2) is 10.8 Å². The van der Waals surface area contributed by atoms with E-state index in [9.17, 15) is 4.79 Å². The maximum atomic E-state index is 11.4. The highest BCUT2D eigenvalue weighted by Gasteiger charge is 2.06. The minimum Gasteiger partial charge on any atom is -0.299 e. The van der Waals surface area contributed by atoms with Crippen LogP contribution in [0, 0.1) is 5.92 Å². The summed E-state index contributed by atoms with van der Waals surface area (Å²) >= 11 is 3.34. The topological polar surface area (TPSA) is 30.0 Å². The molecule has 0 aliphatic rings. The molecule has 3 heteroatoms. The van der Waals surface area contributed by atoms with Gasteiger partial charge in [-0.15, -0.1) is 0 Å². The maximum absolute atomic E-state index is 11.4. The maximum Gasteiger partial charge on any atom is 0.135 e. The molecule has 0 bridgehead atoms. The van der Waals surface area contributed by atoms with Gasteiger partial charge < -0.3 is 0 Å². The van der Waals surface area contributed by atoms with Gasteiger partial charge in [0.1, 0.15) is 5.78 Å². The van der Waals surface area contributed by atoms with E-state index >= 15 is 0 Å². The summed E-state index contributed by atoms with van der Waals surface area (Å²) in [5.41, 5.74) is 1.05. The van der Waals surface area contributed by atoms with Crippen molar-refractivity contribution in [3.05, 3.63) is 28.5 Å². The number of halogens is 1. The average Bonchev–Trinajstić information content (AvgIpc) is 2.20. The normalized spacial score (nSPS) is 10.7. The third-order valence-electron chi connectivity index (χ3n) is 2.29. The van der Waals surface area contributed by atoms with Crippen LogP contribution in [0.3, 0.4) is 0 Å². The van der Waals surface area contributed by atoms with Crippen LogP contribution < -0.4 is 0 Å². The van der Waals surface area contributed by atoms with E-state index in [2.05, 4.69) is 20.9 Å². The summed E-state index contributed by atoms with van der Waals surface area (Å²) in [7, 11) is 0. The molecule has 0 N–H and O–H groups in total. The Kier molecular flexibility index (Phi) is 4.95.